The Morgan fingerprint density at radius 3 is 2.81 bits per heavy atom. The van der Waals surface area contributed by atoms with E-state index >= 15 is 0 Å². The van der Waals surface area contributed by atoms with E-state index in [1.54, 1.807) is 0 Å². The van der Waals surface area contributed by atoms with Crippen molar-refractivity contribution in [2.75, 3.05) is 13.2 Å². The number of piperidine rings is 1. The van der Waals surface area contributed by atoms with Gasteiger partial charge in [-0.05, 0) is 42.0 Å². The second-order valence-corrected chi connectivity index (χ2v) is 8.51. The first-order chi connectivity index (χ1) is 13.2. The van der Waals surface area contributed by atoms with Gasteiger partial charge in [0.25, 0.3) is 0 Å². The standard InChI is InChI=1S/C24H29NO2/c26-24(20-6-2-1-3-7-20)13-14-25(22-9-5-4-8-21(22)24)17-18-10-11-23-19(16-18)12-15-27-23/h1-3,6-7,10-11,16,21-22,26H,4-5,8-9,12-15,17H2/t21-,22+,24+/m0/s1. The fraction of sp³-hybridized carbons (Fsp3) is 0.500. The monoisotopic (exact) mass is 363 g/mol. The third-order valence-corrected chi connectivity index (χ3v) is 7.01. The van der Waals surface area contributed by atoms with Crippen molar-refractivity contribution in [2.45, 2.75) is 56.7 Å². The summed E-state index contributed by atoms with van der Waals surface area (Å²) in [5, 5.41) is 11.7. The maximum absolute atomic E-state index is 11.7. The fourth-order valence-corrected chi connectivity index (χ4v) is 5.62. The van der Waals surface area contributed by atoms with Crippen LogP contribution in [0.3, 0.4) is 0 Å². The van der Waals surface area contributed by atoms with Crippen LogP contribution in [0.25, 0.3) is 0 Å². The number of aliphatic hydroxyl groups is 1. The number of nitrogens with zero attached hydrogens (tertiary/aromatic N) is 1. The molecule has 3 aliphatic rings. The second-order valence-electron chi connectivity index (χ2n) is 8.51. The highest BCUT2D eigenvalue weighted by molar-refractivity contribution is 5.40. The molecule has 2 aromatic rings. The highest BCUT2D eigenvalue weighted by atomic mass is 16.5. The van der Waals surface area contributed by atoms with Crippen LogP contribution in [-0.4, -0.2) is 29.2 Å². The Kier molecular flexibility index (Phi) is 4.45. The summed E-state index contributed by atoms with van der Waals surface area (Å²) in [5.74, 6) is 1.39. The molecule has 1 N–H and O–H groups in total. The van der Waals surface area contributed by atoms with Crippen molar-refractivity contribution in [1.82, 2.24) is 4.90 Å². The van der Waals surface area contributed by atoms with Gasteiger partial charge in [0.05, 0.1) is 12.2 Å². The lowest BCUT2D eigenvalue weighted by atomic mass is 9.66. The first-order valence-corrected chi connectivity index (χ1v) is 10.5. The van der Waals surface area contributed by atoms with Crippen molar-refractivity contribution in [2.24, 2.45) is 5.92 Å². The third-order valence-electron chi connectivity index (χ3n) is 7.01. The predicted molar refractivity (Wildman–Crippen MR) is 107 cm³/mol. The Hall–Kier alpha value is -1.84. The average molecular weight is 364 g/mol. The zero-order valence-electron chi connectivity index (χ0n) is 15.9. The molecule has 3 nitrogen and oxygen atoms in total. The molecule has 0 aromatic heterocycles. The predicted octanol–water partition coefficient (Wildman–Crippen LogP) is 4.27. The minimum atomic E-state index is -0.672. The van der Waals surface area contributed by atoms with E-state index in [2.05, 4.69) is 47.4 Å². The number of likely N-dealkylation sites (tertiary alicyclic amines) is 1. The minimum Gasteiger partial charge on any atom is -0.493 e. The van der Waals surface area contributed by atoms with Crippen molar-refractivity contribution in [3.8, 4) is 5.75 Å². The van der Waals surface area contributed by atoms with Gasteiger partial charge in [-0.25, -0.2) is 0 Å². The van der Waals surface area contributed by atoms with Crippen molar-refractivity contribution in [3.05, 3.63) is 65.2 Å². The zero-order valence-corrected chi connectivity index (χ0v) is 15.9. The quantitative estimate of drug-likeness (QED) is 0.884. The van der Waals surface area contributed by atoms with Crippen LogP contribution in [0.5, 0.6) is 5.75 Å². The van der Waals surface area contributed by atoms with Crippen LogP contribution in [0.2, 0.25) is 0 Å². The molecule has 2 heterocycles. The number of fused-ring (bicyclic) bond motifs is 2. The van der Waals surface area contributed by atoms with Gasteiger partial charge in [-0.15, -0.1) is 0 Å². The van der Waals surface area contributed by atoms with Gasteiger partial charge in [0.1, 0.15) is 5.75 Å². The van der Waals surface area contributed by atoms with Gasteiger partial charge in [-0.3, -0.25) is 4.90 Å². The van der Waals surface area contributed by atoms with Gasteiger partial charge in [0.15, 0.2) is 0 Å². The smallest absolute Gasteiger partial charge is 0.122 e. The molecule has 0 spiro atoms. The molecule has 2 fully saturated rings. The largest absolute Gasteiger partial charge is 0.493 e. The van der Waals surface area contributed by atoms with Gasteiger partial charge >= 0.3 is 0 Å². The van der Waals surface area contributed by atoms with Crippen molar-refractivity contribution < 1.29 is 9.84 Å². The Bertz CT molecular complexity index is 805. The molecule has 142 valence electrons. The molecule has 2 aliphatic heterocycles. The van der Waals surface area contributed by atoms with Gasteiger partial charge in [-0.2, -0.15) is 0 Å². The van der Waals surface area contributed by atoms with Gasteiger partial charge < -0.3 is 9.84 Å². The van der Waals surface area contributed by atoms with E-state index in [9.17, 15) is 5.11 Å². The first kappa shape index (κ1) is 17.3. The number of hydrogen-bond donors (Lipinski definition) is 1. The molecule has 27 heavy (non-hydrogen) atoms. The first-order valence-electron chi connectivity index (χ1n) is 10.5. The number of benzene rings is 2. The maximum atomic E-state index is 11.7. The highest BCUT2D eigenvalue weighted by Gasteiger charge is 2.48. The summed E-state index contributed by atoms with van der Waals surface area (Å²) in [4.78, 5) is 2.64. The maximum Gasteiger partial charge on any atom is 0.122 e. The van der Waals surface area contributed by atoms with Crippen molar-refractivity contribution >= 4 is 0 Å². The lowest BCUT2D eigenvalue weighted by Gasteiger charge is -2.52. The number of ether oxygens (including phenoxy) is 1. The Labute approximate surface area is 162 Å². The number of rotatable bonds is 3. The Morgan fingerprint density at radius 1 is 1.07 bits per heavy atom. The minimum absolute atomic E-state index is 0.333. The van der Waals surface area contributed by atoms with Crippen LogP contribution in [0.1, 0.15) is 48.8 Å². The van der Waals surface area contributed by atoms with Crippen LogP contribution < -0.4 is 4.74 Å². The molecule has 0 radical (unpaired) electrons. The lowest BCUT2D eigenvalue weighted by molar-refractivity contribution is -0.123. The van der Waals surface area contributed by atoms with Crippen molar-refractivity contribution in [3.63, 3.8) is 0 Å². The van der Waals surface area contributed by atoms with E-state index in [-0.39, 0.29) is 0 Å². The Balaban J connectivity index is 1.40. The summed E-state index contributed by atoms with van der Waals surface area (Å²) in [6.45, 7) is 2.76. The average Bonchev–Trinajstić information content (AvgIpc) is 3.19. The zero-order chi connectivity index (χ0) is 18.3. The molecule has 1 saturated carbocycles. The van der Waals surface area contributed by atoms with Crippen LogP contribution >= 0.6 is 0 Å². The molecular formula is C24H29NO2. The third kappa shape index (κ3) is 3.07. The molecule has 1 aliphatic carbocycles. The molecule has 0 unspecified atom stereocenters. The van der Waals surface area contributed by atoms with Gasteiger partial charge in [-0.1, -0.05) is 55.3 Å². The topological polar surface area (TPSA) is 32.7 Å². The SMILES string of the molecule is O[C@@]1(c2ccccc2)CCN(Cc2ccc3c(c2)CCO3)[C@@H]2CCCC[C@@H]21. The van der Waals surface area contributed by atoms with E-state index in [0.717, 1.165) is 50.3 Å². The van der Waals surface area contributed by atoms with Crippen molar-refractivity contribution in [1.29, 1.82) is 0 Å². The highest BCUT2D eigenvalue weighted by Crippen LogP contribution is 2.47. The van der Waals surface area contributed by atoms with Crippen LogP contribution in [-0.2, 0) is 18.6 Å². The van der Waals surface area contributed by atoms with Crippen LogP contribution in [0, 0.1) is 5.92 Å². The van der Waals surface area contributed by atoms with Gasteiger partial charge in [0, 0.05) is 31.5 Å². The summed E-state index contributed by atoms with van der Waals surface area (Å²) in [5.41, 5.74) is 3.17. The number of hydrogen-bond acceptors (Lipinski definition) is 3. The van der Waals surface area contributed by atoms with E-state index in [0.29, 0.717) is 12.0 Å². The molecule has 0 amide bonds. The molecular weight excluding hydrogens is 334 g/mol. The molecule has 1 saturated heterocycles. The summed E-state index contributed by atoms with van der Waals surface area (Å²) in [6, 6.07) is 17.6. The molecule has 3 atom stereocenters. The van der Waals surface area contributed by atoms with Crippen LogP contribution in [0.4, 0.5) is 0 Å². The second kappa shape index (κ2) is 6.96. The van der Waals surface area contributed by atoms with E-state index in [1.807, 2.05) is 6.07 Å². The molecule has 5 rings (SSSR count). The van der Waals surface area contributed by atoms with Gasteiger partial charge in [0.2, 0.25) is 0 Å². The summed E-state index contributed by atoms with van der Waals surface area (Å²) in [6.07, 6.45) is 6.70. The normalized spacial score (nSPS) is 30.4. The Morgan fingerprint density at radius 2 is 1.93 bits per heavy atom. The molecule has 2 aromatic carbocycles. The molecule has 3 heteroatoms. The fourth-order valence-electron chi connectivity index (χ4n) is 5.62. The summed E-state index contributed by atoms with van der Waals surface area (Å²) in [7, 11) is 0. The van der Waals surface area contributed by atoms with E-state index in [1.165, 1.54) is 30.4 Å². The summed E-state index contributed by atoms with van der Waals surface area (Å²) < 4.78 is 5.66. The van der Waals surface area contributed by atoms with E-state index in [4.69, 9.17) is 4.74 Å². The lowest BCUT2D eigenvalue weighted by Crippen LogP contribution is -2.57. The molecule has 0 bridgehead atoms. The summed E-state index contributed by atoms with van der Waals surface area (Å²) >= 11 is 0. The van der Waals surface area contributed by atoms with Crippen LogP contribution in [0.15, 0.2) is 48.5 Å². The van der Waals surface area contributed by atoms with E-state index < -0.39 is 5.60 Å².